The molecule has 0 heterocycles. The quantitative estimate of drug-likeness (QED) is 0.491. The van der Waals surface area contributed by atoms with Crippen LogP contribution < -0.4 is 0 Å². The molecule has 0 aromatic heterocycles. The first-order valence-electron chi connectivity index (χ1n) is 4.01. The summed E-state index contributed by atoms with van der Waals surface area (Å²) in [7, 11) is 0. The second kappa shape index (κ2) is 4.02. The molecule has 5 heteroatoms. The van der Waals surface area contributed by atoms with Crippen molar-refractivity contribution in [1.82, 2.24) is 0 Å². The Hall–Kier alpha value is -1.00. The number of carbonyl (C=O) groups is 1. The van der Waals surface area contributed by atoms with E-state index < -0.39 is 23.3 Å². The van der Waals surface area contributed by atoms with Gasteiger partial charge in [-0.3, -0.25) is 0 Å². The normalized spacial score (nSPS) is 14.1. The summed E-state index contributed by atoms with van der Waals surface area (Å²) < 4.78 is 40.6. The van der Waals surface area contributed by atoms with Crippen molar-refractivity contribution in [1.29, 1.82) is 0 Å². The summed E-state index contributed by atoms with van der Waals surface area (Å²) in [6.45, 7) is 5.58. The van der Waals surface area contributed by atoms with Crippen molar-refractivity contribution < 1.29 is 22.7 Å². The lowest BCUT2D eigenvalue weighted by Crippen LogP contribution is -2.23. The maximum Gasteiger partial charge on any atom is 0.412 e. The number of rotatable bonds is 1. The van der Waals surface area contributed by atoms with Crippen LogP contribution in [-0.2, 0) is 9.53 Å². The Balaban J connectivity index is 4.46. The van der Waals surface area contributed by atoms with E-state index in [9.17, 15) is 18.0 Å². The van der Waals surface area contributed by atoms with Crippen molar-refractivity contribution in [2.24, 2.45) is 0 Å². The van der Waals surface area contributed by atoms with E-state index >= 15 is 0 Å². The first-order valence-corrected chi connectivity index (χ1v) is 4.01. The van der Waals surface area contributed by atoms with Crippen LogP contribution in [0.2, 0.25) is 0 Å². The van der Waals surface area contributed by atoms with E-state index in [4.69, 9.17) is 0 Å². The summed E-state index contributed by atoms with van der Waals surface area (Å²) >= 11 is 0. The smallest absolute Gasteiger partial charge is 0.412 e. The van der Waals surface area contributed by atoms with E-state index in [2.05, 4.69) is 4.74 Å². The third kappa shape index (κ3) is 5.61. The fraction of sp³-hybridized carbons (Fsp3) is 0.667. The minimum atomic E-state index is -4.48. The lowest BCUT2D eigenvalue weighted by Gasteiger charge is -2.18. The van der Waals surface area contributed by atoms with Gasteiger partial charge in [-0.05, 0) is 27.7 Å². The lowest BCUT2D eigenvalue weighted by molar-refractivity contribution is -0.149. The van der Waals surface area contributed by atoms with Crippen molar-refractivity contribution in [3.63, 3.8) is 0 Å². The minimum Gasteiger partial charge on any atom is -0.457 e. The van der Waals surface area contributed by atoms with Gasteiger partial charge in [-0.25, -0.2) is 4.79 Å². The summed E-state index contributed by atoms with van der Waals surface area (Å²) in [5.41, 5.74) is -1.74. The Morgan fingerprint density at radius 1 is 1.21 bits per heavy atom. The van der Waals surface area contributed by atoms with Crippen LogP contribution in [0, 0.1) is 0 Å². The fourth-order valence-electron chi connectivity index (χ4n) is 0.590. The van der Waals surface area contributed by atoms with E-state index in [-0.39, 0.29) is 0 Å². The predicted octanol–water partition coefficient (Wildman–Crippen LogP) is 2.84. The molecule has 14 heavy (non-hydrogen) atoms. The molecule has 0 rings (SSSR count). The van der Waals surface area contributed by atoms with Crippen molar-refractivity contribution in [2.45, 2.75) is 39.5 Å². The molecule has 0 spiro atoms. The molecule has 2 nitrogen and oxygen atoms in total. The SMILES string of the molecule is C/C(=C\C(=O)OC(C)(C)C)C(F)(F)F. The molecule has 0 N–H and O–H groups in total. The summed E-state index contributed by atoms with van der Waals surface area (Å²) in [6, 6.07) is 0. The molecule has 0 aliphatic carbocycles. The Bertz CT molecular complexity index is 246. The van der Waals surface area contributed by atoms with Gasteiger partial charge < -0.3 is 4.74 Å². The van der Waals surface area contributed by atoms with Gasteiger partial charge in [-0.2, -0.15) is 13.2 Å². The highest BCUT2D eigenvalue weighted by Crippen LogP contribution is 2.24. The standard InChI is InChI=1S/C9H13F3O2/c1-6(9(10,11)12)5-7(13)14-8(2,3)4/h5H,1-4H3/b6-5+. The van der Waals surface area contributed by atoms with Gasteiger partial charge in [0.15, 0.2) is 0 Å². The monoisotopic (exact) mass is 210 g/mol. The summed E-state index contributed by atoms with van der Waals surface area (Å²) in [4.78, 5) is 10.9. The van der Waals surface area contributed by atoms with Crippen LogP contribution in [0.4, 0.5) is 13.2 Å². The van der Waals surface area contributed by atoms with Crippen LogP contribution in [0.1, 0.15) is 27.7 Å². The van der Waals surface area contributed by atoms with Crippen LogP contribution in [-0.4, -0.2) is 17.7 Å². The van der Waals surface area contributed by atoms with Crippen LogP contribution >= 0.6 is 0 Å². The summed E-state index contributed by atoms with van der Waals surface area (Å²) in [5.74, 6) is -0.979. The van der Waals surface area contributed by atoms with Gasteiger partial charge in [0.2, 0.25) is 0 Å². The number of esters is 1. The molecule has 0 radical (unpaired) electrons. The van der Waals surface area contributed by atoms with Gasteiger partial charge in [0.05, 0.1) is 0 Å². The molecule has 0 saturated heterocycles. The first kappa shape index (κ1) is 13.0. The van der Waals surface area contributed by atoms with Crippen molar-refractivity contribution >= 4 is 5.97 Å². The Labute approximate surface area is 80.7 Å². The molecule has 0 aromatic carbocycles. The molecule has 0 fully saturated rings. The largest absolute Gasteiger partial charge is 0.457 e. The Kier molecular flexibility index (Phi) is 3.73. The second-order valence-corrected chi connectivity index (χ2v) is 3.86. The van der Waals surface area contributed by atoms with Crippen LogP contribution in [0.15, 0.2) is 11.6 Å². The molecule has 0 saturated carbocycles. The number of alkyl halides is 3. The third-order valence-electron chi connectivity index (χ3n) is 1.19. The maximum absolute atomic E-state index is 12.0. The number of hydrogen-bond acceptors (Lipinski definition) is 2. The highest BCUT2D eigenvalue weighted by atomic mass is 19.4. The van der Waals surface area contributed by atoms with Crippen LogP contribution in [0.5, 0.6) is 0 Å². The van der Waals surface area contributed by atoms with E-state index in [1.807, 2.05) is 0 Å². The zero-order valence-corrected chi connectivity index (χ0v) is 8.53. The van der Waals surface area contributed by atoms with E-state index in [0.29, 0.717) is 6.08 Å². The second-order valence-electron chi connectivity index (χ2n) is 3.86. The topological polar surface area (TPSA) is 26.3 Å². The molecule has 0 atom stereocenters. The van der Waals surface area contributed by atoms with Gasteiger partial charge >= 0.3 is 12.1 Å². The van der Waals surface area contributed by atoms with E-state index in [1.165, 1.54) is 0 Å². The molecule has 0 aliphatic heterocycles. The highest BCUT2D eigenvalue weighted by molar-refractivity contribution is 5.83. The number of hydrogen-bond donors (Lipinski definition) is 0. The van der Waals surface area contributed by atoms with Crippen molar-refractivity contribution in [3.05, 3.63) is 11.6 Å². The zero-order chi connectivity index (χ0) is 11.6. The van der Waals surface area contributed by atoms with Gasteiger partial charge in [0, 0.05) is 11.6 Å². The van der Waals surface area contributed by atoms with Crippen LogP contribution in [0.3, 0.4) is 0 Å². The molecule has 0 unspecified atom stereocenters. The van der Waals surface area contributed by atoms with Gasteiger partial charge in [0.1, 0.15) is 5.60 Å². The number of halogens is 3. The van der Waals surface area contributed by atoms with Gasteiger partial charge in [-0.15, -0.1) is 0 Å². The molecule has 0 bridgehead atoms. The minimum absolute atomic E-state index is 0.450. The lowest BCUT2D eigenvalue weighted by atomic mass is 10.2. The average molecular weight is 210 g/mol. The number of allylic oxidation sites excluding steroid dienone is 1. The van der Waals surface area contributed by atoms with Gasteiger partial charge in [0.25, 0.3) is 0 Å². The molecule has 0 aromatic rings. The zero-order valence-electron chi connectivity index (χ0n) is 8.53. The number of carbonyl (C=O) groups excluding carboxylic acids is 1. The molecule has 82 valence electrons. The highest BCUT2D eigenvalue weighted by Gasteiger charge is 2.31. The molecular formula is C9H13F3O2. The maximum atomic E-state index is 12.0. The van der Waals surface area contributed by atoms with E-state index in [1.54, 1.807) is 20.8 Å². The third-order valence-corrected chi connectivity index (χ3v) is 1.19. The van der Waals surface area contributed by atoms with Crippen molar-refractivity contribution in [3.8, 4) is 0 Å². The molecule has 0 amide bonds. The summed E-state index contributed by atoms with van der Waals surface area (Å²) in [5, 5.41) is 0. The van der Waals surface area contributed by atoms with Crippen molar-refractivity contribution in [2.75, 3.05) is 0 Å². The van der Waals surface area contributed by atoms with Gasteiger partial charge in [-0.1, -0.05) is 0 Å². The van der Waals surface area contributed by atoms with Crippen LogP contribution in [0.25, 0.3) is 0 Å². The molecule has 0 aliphatic rings. The molecular weight excluding hydrogens is 197 g/mol. The summed E-state index contributed by atoms with van der Waals surface area (Å²) in [6.07, 6.45) is -4.03. The fourth-order valence-corrected chi connectivity index (χ4v) is 0.590. The predicted molar refractivity (Wildman–Crippen MR) is 45.7 cm³/mol. The number of ether oxygens (including phenoxy) is 1. The Morgan fingerprint density at radius 3 is 1.93 bits per heavy atom. The average Bonchev–Trinajstić information content (AvgIpc) is 1.79. The van der Waals surface area contributed by atoms with E-state index in [0.717, 1.165) is 6.92 Å². The first-order chi connectivity index (χ1) is 6.02. The Morgan fingerprint density at radius 2 is 1.64 bits per heavy atom.